The number of carboxylic acids is 1. The first kappa shape index (κ1) is 18.3. The molecule has 1 fully saturated rings. The molecule has 5 nitrogen and oxygen atoms in total. The van der Waals surface area contributed by atoms with Crippen LogP contribution in [0.2, 0.25) is 0 Å². The van der Waals surface area contributed by atoms with Gasteiger partial charge in [-0.3, -0.25) is 4.79 Å². The molecule has 138 valence electrons. The third kappa shape index (κ3) is 4.17. The summed E-state index contributed by atoms with van der Waals surface area (Å²) in [4.78, 5) is 11.3. The van der Waals surface area contributed by atoms with E-state index in [4.69, 9.17) is 15.2 Å². The molecule has 0 amide bonds. The first-order valence-electron chi connectivity index (χ1n) is 8.88. The minimum absolute atomic E-state index is 0.221. The van der Waals surface area contributed by atoms with Gasteiger partial charge in [0.25, 0.3) is 0 Å². The van der Waals surface area contributed by atoms with Crippen LogP contribution in [0.25, 0.3) is 0 Å². The van der Waals surface area contributed by atoms with E-state index in [0.29, 0.717) is 19.4 Å². The third-order valence-corrected chi connectivity index (χ3v) is 5.13. The second-order valence-corrected chi connectivity index (χ2v) is 6.92. The number of methoxy groups -OCH3 is 1. The standard InChI is InChI=1S/C21H25NO4/c1-25-18-3-2-4-19(13-18)26-12-10-15-5-7-16(8-6-15)17-9-11-21(22,14-17)20(23)24/h2-8,13,17H,9-12,14,22H2,1H3,(H,23,24). The van der Waals surface area contributed by atoms with E-state index in [1.807, 2.05) is 24.3 Å². The Hall–Kier alpha value is -2.53. The van der Waals surface area contributed by atoms with Gasteiger partial charge < -0.3 is 20.3 Å². The van der Waals surface area contributed by atoms with E-state index in [1.54, 1.807) is 7.11 Å². The van der Waals surface area contributed by atoms with Crippen LogP contribution in [-0.2, 0) is 11.2 Å². The van der Waals surface area contributed by atoms with Crippen LogP contribution in [0, 0.1) is 0 Å². The number of carbonyl (C=O) groups is 1. The van der Waals surface area contributed by atoms with Gasteiger partial charge in [0.05, 0.1) is 13.7 Å². The first-order chi connectivity index (χ1) is 12.5. The second-order valence-electron chi connectivity index (χ2n) is 6.92. The predicted octanol–water partition coefficient (Wildman–Crippen LogP) is 3.37. The summed E-state index contributed by atoms with van der Waals surface area (Å²) in [6, 6.07) is 15.9. The van der Waals surface area contributed by atoms with Crippen molar-refractivity contribution in [3.05, 3.63) is 59.7 Å². The van der Waals surface area contributed by atoms with E-state index < -0.39 is 11.5 Å². The average Bonchev–Trinajstić information content (AvgIpc) is 3.06. The van der Waals surface area contributed by atoms with Gasteiger partial charge in [0.1, 0.15) is 17.0 Å². The molecule has 26 heavy (non-hydrogen) atoms. The highest BCUT2D eigenvalue weighted by molar-refractivity contribution is 5.79. The Morgan fingerprint density at radius 3 is 2.62 bits per heavy atom. The number of ether oxygens (including phenoxy) is 2. The Balaban J connectivity index is 1.53. The summed E-state index contributed by atoms with van der Waals surface area (Å²) >= 11 is 0. The number of aliphatic carboxylic acids is 1. The lowest BCUT2D eigenvalue weighted by molar-refractivity contribution is -0.143. The van der Waals surface area contributed by atoms with Gasteiger partial charge in [-0.05, 0) is 48.4 Å². The molecule has 0 heterocycles. The monoisotopic (exact) mass is 355 g/mol. The van der Waals surface area contributed by atoms with Gasteiger partial charge in [-0.15, -0.1) is 0 Å². The second kappa shape index (κ2) is 7.79. The molecule has 0 bridgehead atoms. The Morgan fingerprint density at radius 1 is 1.23 bits per heavy atom. The van der Waals surface area contributed by atoms with E-state index in [-0.39, 0.29) is 5.92 Å². The quantitative estimate of drug-likeness (QED) is 0.796. The molecule has 1 aliphatic rings. The van der Waals surface area contributed by atoms with Crippen molar-refractivity contribution in [2.45, 2.75) is 37.1 Å². The van der Waals surface area contributed by atoms with Crippen molar-refractivity contribution in [1.82, 2.24) is 0 Å². The zero-order valence-corrected chi connectivity index (χ0v) is 15.0. The molecule has 1 saturated carbocycles. The van der Waals surface area contributed by atoms with Crippen LogP contribution >= 0.6 is 0 Å². The van der Waals surface area contributed by atoms with Crippen LogP contribution in [0.3, 0.4) is 0 Å². The molecule has 0 radical (unpaired) electrons. The van der Waals surface area contributed by atoms with Crippen LogP contribution in [0.4, 0.5) is 0 Å². The van der Waals surface area contributed by atoms with Crippen LogP contribution in [-0.4, -0.2) is 30.3 Å². The zero-order chi connectivity index (χ0) is 18.6. The zero-order valence-electron chi connectivity index (χ0n) is 15.0. The lowest BCUT2D eigenvalue weighted by Crippen LogP contribution is -2.45. The van der Waals surface area contributed by atoms with Crippen molar-refractivity contribution in [3.63, 3.8) is 0 Å². The highest BCUT2D eigenvalue weighted by atomic mass is 16.5. The lowest BCUT2D eigenvalue weighted by Gasteiger charge is -2.18. The van der Waals surface area contributed by atoms with Crippen LogP contribution < -0.4 is 15.2 Å². The SMILES string of the molecule is COc1cccc(OCCc2ccc(C3CCC(N)(C(=O)O)C3)cc2)c1. The topological polar surface area (TPSA) is 81.8 Å². The third-order valence-electron chi connectivity index (χ3n) is 5.13. The molecule has 3 N–H and O–H groups in total. The molecular formula is C21H25NO4. The van der Waals surface area contributed by atoms with Gasteiger partial charge in [0.15, 0.2) is 0 Å². The van der Waals surface area contributed by atoms with Crippen LogP contribution in [0.1, 0.15) is 36.3 Å². The van der Waals surface area contributed by atoms with Crippen molar-refractivity contribution < 1.29 is 19.4 Å². The summed E-state index contributed by atoms with van der Waals surface area (Å²) < 4.78 is 11.0. The fourth-order valence-corrected chi connectivity index (χ4v) is 3.49. The molecule has 0 aliphatic heterocycles. The maximum absolute atomic E-state index is 11.3. The van der Waals surface area contributed by atoms with Crippen molar-refractivity contribution >= 4 is 5.97 Å². The van der Waals surface area contributed by atoms with E-state index in [1.165, 1.54) is 5.56 Å². The number of hydrogen-bond donors (Lipinski definition) is 2. The summed E-state index contributed by atoms with van der Waals surface area (Å²) in [6.07, 6.45) is 2.66. The maximum Gasteiger partial charge on any atom is 0.323 e. The Bertz CT molecular complexity index is 759. The smallest absolute Gasteiger partial charge is 0.323 e. The number of nitrogens with two attached hydrogens (primary N) is 1. The van der Waals surface area contributed by atoms with E-state index in [2.05, 4.69) is 24.3 Å². The van der Waals surface area contributed by atoms with Gasteiger partial charge in [-0.2, -0.15) is 0 Å². The largest absolute Gasteiger partial charge is 0.497 e. The van der Waals surface area contributed by atoms with Crippen LogP contribution in [0.5, 0.6) is 11.5 Å². The minimum atomic E-state index is -1.08. The molecule has 2 aromatic carbocycles. The summed E-state index contributed by atoms with van der Waals surface area (Å²) in [7, 11) is 1.64. The van der Waals surface area contributed by atoms with Gasteiger partial charge in [0, 0.05) is 12.5 Å². The fraction of sp³-hybridized carbons (Fsp3) is 0.381. The minimum Gasteiger partial charge on any atom is -0.497 e. The Labute approximate surface area is 153 Å². The molecule has 0 saturated heterocycles. The number of carboxylic acid groups (broad SMARTS) is 1. The molecule has 0 aromatic heterocycles. The van der Waals surface area contributed by atoms with Crippen LogP contribution in [0.15, 0.2) is 48.5 Å². The molecular weight excluding hydrogens is 330 g/mol. The average molecular weight is 355 g/mol. The van der Waals surface area contributed by atoms with Crippen molar-refractivity contribution in [2.75, 3.05) is 13.7 Å². The molecule has 2 unspecified atom stereocenters. The van der Waals surface area contributed by atoms with E-state index in [9.17, 15) is 9.90 Å². The molecule has 2 atom stereocenters. The summed E-state index contributed by atoms with van der Waals surface area (Å²) in [6.45, 7) is 0.584. The Kier molecular flexibility index (Phi) is 5.47. The Morgan fingerprint density at radius 2 is 1.96 bits per heavy atom. The summed E-state index contributed by atoms with van der Waals surface area (Å²) in [5.41, 5.74) is 7.25. The molecule has 0 spiro atoms. The highest BCUT2D eigenvalue weighted by Gasteiger charge is 2.42. The molecule has 2 aromatic rings. The van der Waals surface area contributed by atoms with Crippen molar-refractivity contribution in [3.8, 4) is 11.5 Å². The maximum atomic E-state index is 11.3. The molecule has 3 rings (SSSR count). The van der Waals surface area contributed by atoms with Crippen molar-refractivity contribution in [2.24, 2.45) is 5.73 Å². The normalized spacial score (nSPS) is 22.2. The van der Waals surface area contributed by atoms with Crippen molar-refractivity contribution in [1.29, 1.82) is 0 Å². The number of hydrogen-bond acceptors (Lipinski definition) is 4. The van der Waals surface area contributed by atoms with Gasteiger partial charge >= 0.3 is 5.97 Å². The molecule has 1 aliphatic carbocycles. The first-order valence-corrected chi connectivity index (χ1v) is 8.88. The summed E-state index contributed by atoms with van der Waals surface area (Å²) in [5.74, 6) is 0.894. The summed E-state index contributed by atoms with van der Waals surface area (Å²) in [5, 5.41) is 9.26. The highest BCUT2D eigenvalue weighted by Crippen LogP contribution is 2.39. The fourth-order valence-electron chi connectivity index (χ4n) is 3.49. The van der Waals surface area contributed by atoms with Gasteiger partial charge in [-0.1, -0.05) is 30.3 Å². The van der Waals surface area contributed by atoms with Gasteiger partial charge in [-0.25, -0.2) is 0 Å². The predicted molar refractivity (Wildman–Crippen MR) is 99.8 cm³/mol. The van der Waals surface area contributed by atoms with E-state index >= 15 is 0 Å². The van der Waals surface area contributed by atoms with Gasteiger partial charge in [0.2, 0.25) is 0 Å². The molecule has 5 heteroatoms. The number of benzene rings is 2. The lowest BCUT2D eigenvalue weighted by atomic mass is 9.92. The number of rotatable bonds is 7. The van der Waals surface area contributed by atoms with E-state index in [0.717, 1.165) is 29.9 Å².